The van der Waals surface area contributed by atoms with E-state index in [0.29, 0.717) is 22.9 Å². The summed E-state index contributed by atoms with van der Waals surface area (Å²) in [5.74, 6) is -0.179. The zero-order valence-corrected chi connectivity index (χ0v) is 15.6. The first-order chi connectivity index (χ1) is 14.1. The molecule has 0 bridgehead atoms. The van der Waals surface area contributed by atoms with Crippen LogP contribution in [0.3, 0.4) is 0 Å². The first-order valence-corrected chi connectivity index (χ1v) is 9.04. The number of aromatic amines is 1. The van der Waals surface area contributed by atoms with Gasteiger partial charge in [0.25, 0.3) is 12.0 Å². The first kappa shape index (κ1) is 19.1. The molecule has 1 aliphatic rings. The highest BCUT2D eigenvalue weighted by Crippen LogP contribution is 2.34. The van der Waals surface area contributed by atoms with Crippen molar-refractivity contribution in [2.24, 2.45) is 0 Å². The Kier molecular flexibility index (Phi) is 5.28. The molecular formula is C18H15ClN4O6. The van der Waals surface area contributed by atoms with Crippen LogP contribution in [0.4, 0.5) is 0 Å². The Morgan fingerprint density at radius 2 is 2.14 bits per heavy atom. The maximum Gasteiger partial charge on any atom is 0.338 e. The summed E-state index contributed by atoms with van der Waals surface area (Å²) >= 11 is 5.84. The largest absolute Gasteiger partial charge is 0.465 e. The molecule has 4 rings (SSSR count). The molecule has 0 radical (unpaired) electrons. The number of esters is 1. The van der Waals surface area contributed by atoms with Crippen molar-refractivity contribution in [2.45, 2.75) is 24.7 Å². The van der Waals surface area contributed by atoms with Gasteiger partial charge in [-0.3, -0.25) is 14.0 Å². The SMILES string of the molecule is O=COCC1OC(c2nnc3c(=O)[nH]ccn23)CC1OC(=O)c1ccc(Cl)cc1. The summed E-state index contributed by atoms with van der Waals surface area (Å²) < 4.78 is 17.8. The normalized spacial score (nSPS) is 21.2. The maximum atomic E-state index is 12.5. The highest BCUT2D eigenvalue weighted by atomic mass is 35.5. The van der Waals surface area contributed by atoms with Gasteiger partial charge in [0.1, 0.15) is 24.9 Å². The smallest absolute Gasteiger partial charge is 0.338 e. The number of ether oxygens (including phenoxy) is 3. The molecule has 0 aliphatic carbocycles. The Morgan fingerprint density at radius 3 is 2.90 bits per heavy atom. The number of benzene rings is 1. The van der Waals surface area contributed by atoms with E-state index < -0.39 is 29.8 Å². The fourth-order valence-corrected chi connectivity index (χ4v) is 3.28. The number of hydrogen-bond donors (Lipinski definition) is 1. The lowest BCUT2D eigenvalue weighted by Crippen LogP contribution is -2.31. The summed E-state index contributed by atoms with van der Waals surface area (Å²) in [4.78, 5) is 37.4. The molecule has 0 spiro atoms. The quantitative estimate of drug-likeness (QED) is 0.469. The molecule has 2 aromatic heterocycles. The predicted octanol–water partition coefficient (Wildman–Crippen LogP) is 1.30. The highest BCUT2D eigenvalue weighted by molar-refractivity contribution is 6.30. The van der Waals surface area contributed by atoms with Crippen molar-refractivity contribution in [1.82, 2.24) is 19.6 Å². The number of nitrogens with zero attached hydrogens (tertiary/aromatic N) is 3. The van der Waals surface area contributed by atoms with Gasteiger partial charge < -0.3 is 19.2 Å². The van der Waals surface area contributed by atoms with Crippen molar-refractivity contribution in [3.63, 3.8) is 0 Å². The Bertz CT molecular complexity index is 1100. The van der Waals surface area contributed by atoms with E-state index in [1.54, 1.807) is 30.5 Å². The van der Waals surface area contributed by atoms with Crippen LogP contribution in [0.15, 0.2) is 41.5 Å². The van der Waals surface area contributed by atoms with E-state index in [4.69, 9.17) is 25.8 Å². The fourth-order valence-electron chi connectivity index (χ4n) is 3.16. The van der Waals surface area contributed by atoms with Crippen LogP contribution < -0.4 is 5.56 Å². The number of halogens is 1. The molecule has 0 saturated carbocycles. The molecular weight excluding hydrogens is 404 g/mol. The van der Waals surface area contributed by atoms with Crippen LogP contribution in [0.5, 0.6) is 0 Å². The molecule has 1 N–H and O–H groups in total. The minimum Gasteiger partial charge on any atom is -0.465 e. The van der Waals surface area contributed by atoms with Crippen LogP contribution in [-0.2, 0) is 19.0 Å². The average Bonchev–Trinajstić information content (AvgIpc) is 3.31. The topological polar surface area (TPSA) is 125 Å². The van der Waals surface area contributed by atoms with E-state index >= 15 is 0 Å². The molecule has 11 heteroatoms. The Balaban J connectivity index is 1.56. The van der Waals surface area contributed by atoms with E-state index in [0.717, 1.165) is 0 Å². The number of carbonyl (C=O) groups excluding carboxylic acids is 2. The van der Waals surface area contributed by atoms with E-state index in [9.17, 15) is 14.4 Å². The number of nitrogens with one attached hydrogen (secondary N) is 1. The van der Waals surface area contributed by atoms with Crippen LogP contribution >= 0.6 is 11.6 Å². The summed E-state index contributed by atoms with van der Waals surface area (Å²) in [7, 11) is 0. The fraction of sp³-hybridized carbons (Fsp3) is 0.278. The molecule has 3 heterocycles. The summed E-state index contributed by atoms with van der Waals surface area (Å²) in [5, 5.41) is 8.41. The van der Waals surface area contributed by atoms with Crippen molar-refractivity contribution < 1.29 is 23.8 Å². The molecule has 1 saturated heterocycles. The third-order valence-electron chi connectivity index (χ3n) is 4.52. The lowest BCUT2D eigenvalue weighted by atomic mass is 10.1. The monoisotopic (exact) mass is 418 g/mol. The number of fused-ring (bicyclic) bond motifs is 1. The summed E-state index contributed by atoms with van der Waals surface area (Å²) in [6, 6.07) is 6.26. The number of aromatic nitrogens is 4. The molecule has 150 valence electrons. The van der Waals surface area contributed by atoms with Gasteiger partial charge in [0.2, 0.25) is 5.65 Å². The van der Waals surface area contributed by atoms with Gasteiger partial charge in [-0.05, 0) is 24.3 Å². The Morgan fingerprint density at radius 1 is 1.34 bits per heavy atom. The van der Waals surface area contributed by atoms with Crippen molar-refractivity contribution in [3.8, 4) is 0 Å². The predicted molar refractivity (Wildman–Crippen MR) is 98.5 cm³/mol. The van der Waals surface area contributed by atoms with Crippen molar-refractivity contribution >= 4 is 29.7 Å². The molecule has 3 atom stereocenters. The molecule has 29 heavy (non-hydrogen) atoms. The standard InChI is InChI=1S/C18H15ClN4O6/c19-11-3-1-10(2-4-11)18(26)29-12-7-13(28-14(12)8-27-9-24)15-21-22-16-17(25)20-5-6-23(15)16/h1-6,9,12-14H,7-8H2,(H,20,25). The minimum absolute atomic E-state index is 0.101. The molecule has 3 unspecified atom stereocenters. The average molecular weight is 419 g/mol. The second-order valence-electron chi connectivity index (χ2n) is 6.32. The van der Waals surface area contributed by atoms with Crippen LogP contribution in [0.25, 0.3) is 5.65 Å². The molecule has 1 fully saturated rings. The van der Waals surface area contributed by atoms with Gasteiger partial charge in [-0.2, -0.15) is 0 Å². The van der Waals surface area contributed by atoms with Crippen molar-refractivity contribution in [3.05, 3.63) is 63.4 Å². The summed E-state index contributed by atoms with van der Waals surface area (Å²) in [6.07, 6.45) is 1.30. The van der Waals surface area contributed by atoms with Crippen LogP contribution in [0.1, 0.15) is 28.7 Å². The van der Waals surface area contributed by atoms with E-state index in [1.807, 2.05) is 0 Å². The van der Waals surface area contributed by atoms with Crippen molar-refractivity contribution in [2.75, 3.05) is 6.61 Å². The number of hydrogen-bond acceptors (Lipinski definition) is 8. The molecule has 0 amide bonds. The van der Waals surface area contributed by atoms with E-state index in [-0.39, 0.29) is 18.7 Å². The van der Waals surface area contributed by atoms with Crippen molar-refractivity contribution in [1.29, 1.82) is 0 Å². The zero-order valence-electron chi connectivity index (χ0n) is 14.9. The third kappa shape index (κ3) is 3.84. The van der Waals surface area contributed by atoms with E-state index in [2.05, 4.69) is 15.2 Å². The highest BCUT2D eigenvalue weighted by Gasteiger charge is 2.41. The minimum atomic E-state index is -0.698. The maximum absolute atomic E-state index is 12.5. The summed E-state index contributed by atoms with van der Waals surface area (Å²) in [5.41, 5.74) is 0.0524. The molecule has 10 nitrogen and oxygen atoms in total. The van der Waals surface area contributed by atoms with Gasteiger partial charge in [-0.15, -0.1) is 10.2 Å². The molecule has 1 aliphatic heterocycles. The number of rotatable bonds is 6. The zero-order chi connectivity index (χ0) is 20.4. The Labute approximate surface area is 168 Å². The summed E-state index contributed by atoms with van der Waals surface area (Å²) in [6.45, 7) is 0.191. The molecule has 1 aromatic carbocycles. The molecule has 3 aromatic rings. The van der Waals surface area contributed by atoms with E-state index in [1.165, 1.54) is 10.6 Å². The van der Waals surface area contributed by atoms with Gasteiger partial charge in [-0.1, -0.05) is 11.6 Å². The van der Waals surface area contributed by atoms with Gasteiger partial charge in [-0.25, -0.2) is 4.79 Å². The lowest BCUT2D eigenvalue weighted by molar-refractivity contribution is -0.134. The first-order valence-electron chi connectivity index (χ1n) is 8.66. The van der Waals surface area contributed by atoms with Crippen LogP contribution in [0, 0.1) is 0 Å². The van der Waals surface area contributed by atoms with Gasteiger partial charge in [0.05, 0.1) is 5.56 Å². The second kappa shape index (κ2) is 8.02. The number of carbonyl (C=O) groups is 2. The second-order valence-corrected chi connectivity index (χ2v) is 6.76. The van der Waals surface area contributed by atoms with Gasteiger partial charge in [0, 0.05) is 23.8 Å². The van der Waals surface area contributed by atoms with Crippen LogP contribution in [0.2, 0.25) is 5.02 Å². The lowest BCUT2D eigenvalue weighted by Gasteiger charge is -2.17. The number of H-pyrrole nitrogens is 1. The Hall–Kier alpha value is -3.24. The third-order valence-corrected chi connectivity index (χ3v) is 4.77. The van der Waals surface area contributed by atoms with Gasteiger partial charge >= 0.3 is 5.97 Å². The van der Waals surface area contributed by atoms with Crippen LogP contribution in [-0.4, -0.2) is 50.8 Å². The van der Waals surface area contributed by atoms with Gasteiger partial charge in [0.15, 0.2) is 5.82 Å².